The first-order valence-electron chi connectivity index (χ1n) is 7.11. The van der Waals surface area contributed by atoms with Gasteiger partial charge in [-0.1, -0.05) is 12.1 Å². The summed E-state index contributed by atoms with van der Waals surface area (Å²) in [6.07, 6.45) is 4.95. The van der Waals surface area contributed by atoms with E-state index < -0.39 is 0 Å². The van der Waals surface area contributed by atoms with Gasteiger partial charge in [-0.15, -0.1) is 0 Å². The van der Waals surface area contributed by atoms with Gasteiger partial charge in [-0.05, 0) is 31.0 Å². The van der Waals surface area contributed by atoms with Gasteiger partial charge in [0.1, 0.15) is 12.1 Å². The number of benzene rings is 1. The van der Waals surface area contributed by atoms with Crippen LogP contribution in [0.2, 0.25) is 0 Å². The van der Waals surface area contributed by atoms with Crippen molar-refractivity contribution in [2.24, 2.45) is 0 Å². The molecule has 0 saturated carbocycles. The molecule has 3 heterocycles. The van der Waals surface area contributed by atoms with Gasteiger partial charge in [-0.2, -0.15) is 0 Å². The molecule has 1 fully saturated rings. The van der Waals surface area contributed by atoms with Crippen LogP contribution in [-0.2, 0) is 0 Å². The maximum absolute atomic E-state index is 12.5. The van der Waals surface area contributed by atoms with Gasteiger partial charge < -0.3 is 14.3 Å². The fourth-order valence-corrected chi connectivity index (χ4v) is 2.98. The van der Waals surface area contributed by atoms with Crippen molar-refractivity contribution in [3.8, 4) is 0 Å². The van der Waals surface area contributed by atoms with Crippen molar-refractivity contribution < 1.29 is 9.21 Å². The summed E-state index contributed by atoms with van der Waals surface area (Å²) >= 11 is 0. The summed E-state index contributed by atoms with van der Waals surface area (Å²) < 4.78 is 5.01. The molecule has 0 bridgehead atoms. The molecule has 5 heteroatoms. The van der Waals surface area contributed by atoms with Crippen LogP contribution >= 0.6 is 0 Å². The number of nitrogens with one attached hydrogen (secondary N) is 1. The SMILES string of the molecule is O=C(c1ccoc1)N1CCCC1c1nc2ccccc2[nH]1. The molecule has 1 aliphatic rings. The Morgan fingerprint density at radius 3 is 3.05 bits per heavy atom. The Morgan fingerprint density at radius 2 is 2.24 bits per heavy atom. The lowest BCUT2D eigenvalue weighted by atomic mass is 10.2. The molecule has 1 saturated heterocycles. The smallest absolute Gasteiger partial charge is 0.257 e. The fraction of sp³-hybridized carbons (Fsp3) is 0.250. The summed E-state index contributed by atoms with van der Waals surface area (Å²) in [5, 5.41) is 0. The molecule has 3 aromatic rings. The molecule has 21 heavy (non-hydrogen) atoms. The van der Waals surface area contributed by atoms with Gasteiger partial charge in [-0.25, -0.2) is 4.98 Å². The largest absolute Gasteiger partial charge is 0.472 e. The summed E-state index contributed by atoms with van der Waals surface area (Å²) in [4.78, 5) is 22.4. The van der Waals surface area contributed by atoms with Crippen molar-refractivity contribution in [3.63, 3.8) is 0 Å². The normalized spacial score (nSPS) is 18.5. The number of hydrogen-bond donors (Lipinski definition) is 1. The number of nitrogens with zero attached hydrogens (tertiary/aromatic N) is 2. The number of aromatic nitrogens is 2. The minimum atomic E-state index is 0.00621. The van der Waals surface area contributed by atoms with Crippen LogP contribution < -0.4 is 0 Å². The first-order chi connectivity index (χ1) is 10.3. The van der Waals surface area contributed by atoms with Gasteiger partial charge in [0, 0.05) is 6.54 Å². The summed E-state index contributed by atoms with van der Waals surface area (Å²) in [6, 6.07) is 9.65. The van der Waals surface area contributed by atoms with E-state index >= 15 is 0 Å². The third-order valence-electron chi connectivity index (χ3n) is 4.01. The van der Waals surface area contributed by atoms with Crippen LogP contribution in [0.3, 0.4) is 0 Å². The number of carbonyl (C=O) groups excluding carboxylic acids is 1. The molecule has 5 nitrogen and oxygen atoms in total. The standard InChI is InChI=1S/C16H15N3O2/c20-16(11-7-9-21-10-11)19-8-3-6-14(19)15-17-12-4-1-2-5-13(12)18-15/h1-2,4-5,7,9-10,14H,3,6,8H2,(H,17,18). The topological polar surface area (TPSA) is 62.1 Å². The summed E-state index contributed by atoms with van der Waals surface area (Å²) in [7, 11) is 0. The van der Waals surface area contributed by atoms with E-state index in [0.717, 1.165) is 36.2 Å². The molecule has 1 aliphatic heterocycles. The van der Waals surface area contributed by atoms with Crippen LogP contribution in [-0.4, -0.2) is 27.3 Å². The van der Waals surface area contributed by atoms with Gasteiger partial charge in [-0.3, -0.25) is 4.79 Å². The predicted molar refractivity (Wildman–Crippen MR) is 77.8 cm³/mol. The van der Waals surface area contributed by atoms with Crippen molar-refractivity contribution in [3.05, 3.63) is 54.2 Å². The zero-order valence-electron chi connectivity index (χ0n) is 11.5. The average molecular weight is 281 g/mol. The molecule has 0 aliphatic carbocycles. The van der Waals surface area contributed by atoms with E-state index in [4.69, 9.17) is 4.42 Å². The first kappa shape index (κ1) is 12.2. The predicted octanol–water partition coefficient (Wildman–Crippen LogP) is 3.13. The highest BCUT2D eigenvalue weighted by molar-refractivity contribution is 5.94. The maximum atomic E-state index is 12.5. The highest BCUT2D eigenvalue weighted by Gasteiger charge is 2.32. The van der Waals surface area contributed by atoms with Crippen LogP contribution in [0, 0.1) is 0 Å². The van der Waals surface area contributed by atoms with Crippen molar-refractivity contribution >= 4 is 16.9 Å². The Balaban J connectivity index is 1.68. The van der Waals surface area contributed by atoms with Crippen molar-refractivity contribution in [1.29, 1.82) is 0 Å². The van der Waals surface area contributed by atoms with E-state index in [1.165, 1.54) is 12.5 Å². The third kappa shape index (κ3) is 2.01. The quantitative estimate of drug-likeness (QED) is 0.785. The van der Waals surface area contributed by atoms with E-state index in [2.05, 4.69) is 9.97 Å². The second kappa shape index (κ2) is 4.77. The number of para-hydroxylation sites is 2. The minimum absolute atomic E-state index is 0.00621. The molecule has 1 amide bonds. The van der Waals surface area contributed by atoms with E-state index in [9.17, 15) is 4.79 Å². The molecule has 106 valence electrons. The van der Waals surface area contributed by atoms with Gasteiger partial charge in [0.2, 0.25) is 0 Å². The lowest BCUT2D eigenvalue weighted by Crippen LogP contribution is -2.30. The number of likely N-dealkylation sites (tertiary alicyclic amines) is 1. The lowest BCUT2D eigenvalue weighted by molar-refractivity contribution is 0.0730. The maximum Gasteiger partial charge on any atom is 0.257 e. The molecule has 4 rings (SSSR count). The summed E-state index contributed by atoms with van der Waals surface area (Å²) in [5.41, 5.74) is 2.54. The second-order valence-electron chi connectivity index (χ2n) is 5.31. The highest BCUT2D eigenvalue weighted by Crippen LogP contribution is 2.32. The monoisotopic (exact) mass is 281 g/mol. The molecule has 1 N–H and O–H groups in total. The number of carbonyl (C=O) groups is 1. The molecule has 1 aromatic carbocycles. The highest BCUT2D eigenvalue weighted by atomic mass is 16.3. The average Bonchev–Trinajstić information content (AvgIpc) is 3.24. The molecule has 0 radical (unpaired) electrons. The Hall–Kier alpha value is -2.56. The molecular formula is C16H15N3O2. The second-order valence-corrected chi connectivity index (χ2v) is 5.31. The number of hydrogen-bond acceptors (Lipinski definition) is 3. The number of amides is 1. The fourth-order valence-electron chi connectivity index (χ4n) is 2.98. The lowest BCUT2D eigenvalue weighted by Gasteiger charge is -2.22. The number of rotatable bonds is 2. The van der Waals surface area contributed by atoms with E-state index in [1.54, 1.807) is 6.07 Å². The summed E-state index contributed by atoms with van der Waals surface area (Å²) in [6.45, 7) is 0.756. The van der Waals surface area contributed by atoms with Gasteiger partial charge in [0.15, 0.2) is 0 Å². The number of furan rings is 1. The number of aromatic amines is 1. The van der Waals surface area contributed by atoms with E-state index in [-0.39, 0.29) is 11.9 Å². The van der Waals surface area contributed by atoms with Crippen molar-refractivity contribution in [2.45, 2.75) is 18.9 Å². The van der Waals surface area contributed by atoms with Crippen molar-refractivity contribution in [1.82, 2.24) is 14.9 Å². The zero-order valence-corrected chi connectivity index (χ0v) is 11.5. The molecule has 2 aromatic heterocycles. The molecular weight excluding hydrogens is 266 g/mol. The Bertz CT molecular complexity index is 743. The molecule has 1 unspecified atom stereocenters. The Labute approximate surface area is 121 Å². The Morgan fingerprint density at radius 1 is 1.33 bits per heavy atom. The zero-order chi connectivity index (χ0) is 14.2. The van der Waals surface area contributed by atoms with E-state index in [0.29, 0.717) is 5.56 Å². The van der Waals surface area contributed by atoms with Gasteiger partial charge in [0.25, 0.3) is 5.91 Å². The molecule has 1 atom stereocenters. The Kier molecular flexibility index (Phi) is 2.77. The molecule has 0 spiro atoms. The van der Waals surface area contributed by atoms with Crippen molar-refractivity contribution in [2.75, 3.05) is 6.54 Å². The summed E-state index contributed by atoms with van der Waals surface area (Å²) in [5.74, 6) is 0.872. The van der Waals surface area contributed by atoms with Crippen LogP contribution in [0.5, 0.6) is 0 Å². The van der Waals surface area contributed by atoms with Crippen LogP contribution in [0.25, 0.3) is 11.0 Å². The van der Waals surface area contributed by atoms with Crippen LogP contribution in [0.4, 0.5) is 0 Å². The third-order valence-corrected chi connectivity index (χ3v) is 4.01. The number of H-pyrrole nitrogens is 1. The van der Waals surface area contributed by atoms with Crippen LogP contribution in [0.1, 0.15) is 35.1 Å². The van der Waals surface area contributed by atoms with Crippen LogP contribution in [0.15, 0.2) is 47.3 Å². The van der Waals surface area contributed by atoms with Gasteiger partial charge in [0.05, 0.1) is 28.9 Å². The first-order valence-corrected chi connectivity index (χ1v) is 7.11. The number of imidazole rings is 1. The minimum Gasteiger partial charge on any atom is -0.472 e. The van der Waals surface area contributed by atoms with E-state index in [1.807, 2.05) is 29.2 Å². The van der Waals surface area contributed by atoms with Gasteiger partial charge >= 0.3 is 0 Å². The number of fused-ring (bicyclic) bond motifs is 1.